The molecule has 1 rings (SSSR count). The van der Waals surface area contributed by atoms with Gasteiger partial charge in [-0.05, 0) is 36.6 Å². The van der Waals surface area contributed by atoms with Gasteiger partial charge in [-0.2, -0.15) is 0 Å². The third kappa shape index (κ3) is 3.45. The third-order valence-electron chi connectivity index (χ3n) is 3.24. The number of hydrazine groups is 1. The van der Waals surface area contributed by atoms with Gasteiger partial charge in [-0.1, -0.05) is 19.4 Å². The lowest BCUT2D eigenvalue weighted by Gasteiger charge is -2.27. The Bertz CT molecular complexity index is 369. The molecular weight excluding hydrogens is 228 g/mol. The molecule has 0 aliphatic rings. The van der Waals surface area contributed by atoms with Crippen molar-refractivity contribution in [2.75, 3.05) is 14.2 Å². The van der Waals surface area contributed by atoms with Crippen LogP contribution in [0.15, 0.2) is 18.2 Å². The smallest absolute Gasteiger partial charge is 0.119 e. The van der Waals surface area contributed by atoms with E-state index in [4.69, 9.17) is 15.3 Å². The molecule has 4 heteroatoms. The summed E-state index contributed by atoms with van der Waals surface area (Å²) in [6.07, 6.45) is 2.11. The summed E-state index contributed by atoms with van der Waals surface area (Å²) in [5.74, 6) is 6.55. The topological polar surface area (TPSA) is 56.5 Å². The van der Waals surface area contributed by atoms with Crippen molar-refractivity contribution in [2.45, 2.75) is 38.8 Å². The number of hydrogen-bond donors (Lipinski definition) is 2. The molecule has 0 bridgehead atoms. The summed E-state index contributed by atoms with van der Waals surface area (Å²) in [6, 6.07) is 6.00. The van der Waals surface area contributed by atoms with Gasteiger partial charge in [0.2, 0.25) is 0 Å². The van der Waals surface area contributed by atoms with Crippen LogP contribution in [-0.4, -0.2) is 20.3 Å². The van der Waals surface area contributed by atoms with E-state index in [9.17, 15) is 0 Å². The average molecular weight is 252 g/mol. The number of ether oxygens (including phenoxy) is 2. The van der Waals surface area contributed by atoms with Gasteiger partial charge in [-0.3, -0.25) is 11.3 Å². The third-order valence-corrected chi connectivity index (χ3v) is 3.24. The summed E-state index contributed by atoms with van der Waals surface area (Å²) < 4.78 is 10.8. The molecule has 1 aromatic rings. The first-order chi connectivity index (χ1) is 8.67. The van der Waals surface area contributed by atoms with E-state index >= 15 is 0 Å². The molecule has 0 amide bonds. The van der Waals surface area contributed by atoms with Crippen LogP contribution >= 0.6 is 0 Å². The Kier molecular flexibility index (Phi) is 6.12. The van der Waals surface area contributed by atoms with Crippen molar-refractivity contribution in [1.29, 1.82) is 0 Å². The highest BCUT2D eigenvalue weighted by Crippen LogP contribution is 2.27. The lowest BCUT2D eigenvalue weighted by molar-refractivity contribution is 0.0604. The van der Waals surface area contributed by atoms with Gasteiger partial charge < -0.3 is 9.47 Å². The molecule has 0 saturated heterocycles. The fourth-order valence-corrected chi connectivity index (χ4v) is 2.23. The Morgan fingerprint density at radius 1 is 1.33 bits per heavy atom. The molecule has 2 atom stereocenters. The zero-order chi connectivity index (χ0) is 13.5. The monoisotopic (exact) mass is 252 g/mol. The van der Waals surface area contributed by atoms with Gasteiger partial charge in [-0.25, -0.2) is 0 Å². The van der Waals surface area contributed by atoms with Crippen molar-refractivity contribution in [2.24, 2.45) is 5.84 Å². The second-order valence-corrected chi connectivity index (χ2v) is 4.43. The van der Waals surface area contributed by atoms with E-state index in [1.165, 1.54) is 0 Å². The number of rotatable bonds is 7. The summed E-state index contributed by atoms with van der Waals surface area (Å²) in [5.41, 5.74) is 5.17. The highest BCUT2D eigenvalue weighted by molar-refractivity contribution is 5.37. The van der Waals surface area contributed by atoms with Crippen LogP contribution in [0.3, 0.4) is 0 Å². The Morgan fingerprint density at radius 3 is 2.50 bits per heavy atom. The number of benzene rings is 1. The highest BCUT2D eigenvalue weighted by Gasteiger charge is 2.22. The summed E-state index contributed by atoms with van der Waals surface area (Å²) in [4.78, 5) is 0. The second kappa shape index (κ2) is 7.36. The van der Waals surface area contributed by atoms with Crippen LogP contribution in [0.5, 0.6) is 5.75 Å². The van der Waals surface area contributed by atoms with Crippen molar-refractivity contribution in [3.8, 4) is 5.75 Å². The quantitative estimate of drug-likeness (QED) is 0.577. The van der Waals surface area contributed by atoms with Gasteiger partial charge in [0, 0.05) is 7.11 Å². The van der Waals surface area contributed by atoms with Crippen molar-refractivity contribution < 1.29 is 9.47 Å². The van der Waals surface area contributed by atoms with E-state index in [-0.39, 0.29) is 12.1 Å². The first-order valence-corrected chi connectivity index (χ1v) is 6.31. The van der Waals surface area contributed by atoms with Crippen LogP contribution in [-0.2, 0) is 4.74 Å². The molecule has 0 spiro atoms. The molecule has 0 saturated carbocycles. The largest absolute Gasteiger partial charge is 0.497 e. The molecule has 0 aliphatic heterocycles. The van der Waals surface area contributed by atoms with E-state index in [1.807, 2.05) is 18.2 Å². The zero-order valence-corrected chi connectivity index (χ0v) is 11.7. The Hall–Kier alpha value is -1.10. The van der Waals surface area contributed by atoms with Gasteiger partial charge in [-0.15, -0.1) is 0 Å². The molecule has 0 heterocycles. The van der Waals surface area contributed by atoms with Gasteiger partial charge >= 0.3 is 0 Å². The van der Waals surface area contributed by atoms with Crippen LogP contribution in [0.1, 0.15) is 36.9 Å². The number of nitrogens with two attached hydrogens (primary N) is 1. The van der Waals surface area contributed by atoms with Crippen LogP contribution in [0, 0.1) is 6.92 Å². The van der Waals surface area contributed by atoms with Crippen molar-refractivity contribution in [1.82, 2.24) is 5.43 Å². The summed E-state index contributed by atoms with van der Waals surface area (Å²) >= 11 is 0. The Balaban J connectivity index is 3.00. The fraction of sp³-hybridized carbons (Fsp3) is 0.571. The normalized spacial score (nSPS) is 14.3. The maximum Gasteiger partial charge on any atom is 0.119 e. The Labute approximate surface area is 109 Å². The van der Waals surface area contributed by atoms with Gasteiger partial charge in [0.1, 0.15) is 5.75 Å². The fourth-order valence-electron chi connectivity index (χ4n) is 2.23. The van der Waals surface area contributed by atoms with Gasteiger partial charge in [0.05, 0.1) is 19.3 Å². The van der Waals surface area contributed by atoms with Crippen molar-refractivity contribution in [3.63, 3.8) is 0 Å². The minimum Gasteiger partial charge on any atom is -0.497 e. The Morgan fingerprint density at radius 2 is 2.06 bits per heavy atom. The summed E-state index contributed by atoms with van der Waals surface area (Å²) in [7, 11) is 3.39. The molecule has 2 unspecified atom stereocenters. The van der Waals surface area contributed by atoms with Crippen molar-refractivity contribution in [3.05, 3.63) is 29.3 Å². The molecule has 0 radical (unpaired) electrons. The number of nitrogens with one attached hydrogen (secondary N) is 1. The lowest BCUT2D eigenvalue weighted by Crippen LogP contribution is -2.38. The second-order valence-electron chi connectivity index (χ2n) is 4.43. The maximum absolute atomic E-state index is 5.69. The summed E-state index contributed by atoms with van der Waals surface area (Å²) in [5, 5.41) is 0. The van der Waals surface area contributed by atoms with Crippen LogP contribution < -0.4 is 16.0 Å². The maximum atomic E-state index is 5.69. The lowest BCUT2D eigenvalue weighted by atomic mass is 9.95. The van der Waals surface area contributed by atoms with E-state index in [0.29, 0.717) is 0 Å². The average Bonchev–Trinajstić information content (AvgIpc) is 2.39. The molecule has 4 nitrogen and oxygen atoms in total. The zero-order valence-electron chi connectivity index (χ0n) is 11.7. The molecule has 3 N–H and O–H groups in total. The standard InChI is InChI=1S/C14H24N2O2/c1-5-6-13(18-4)14(16-15)12-8-7-11(17-3)9-10(12)2/h7-9,13-14,16H,5-6,15H2,1-4H3. The van der Waals surface area contributed by atoms with E-state index in [0.717, 1.165) is 29.7 Å². The van der Waals surface area contributed by atoms with E-state index < -0.39 is 0 Å². The minimum atomic E-state index is 0.000793. The molecule has 18 heavy (non-hydrogen) atoms. The van der Waals surface area contributed by atoms with Crippen molar-refractivity contribution >= 4 is 0 Å². The SMILES string of the molecule is CCCC(OC)C(NN)c1ccc(OC)cc1C. The number of methoxy groups -OCH3 is 2. The molecule has 0 aromatic heterocycles. The van der Waals surface area contributed by atoms with Crippen LogP contribution in [0.4, 0.5) is 0 Å². The van der Waals surface area contributed by atoms with Gasteiger partial charge in [0.15, 0.2) is 0 Å². The number of hydrogen-bond acceptors (Lipinski definition) is 4. The van der Waals surface area contributed by atoms with Crippen LogP contribution in [0.25, 0.3) is 0 Å². The molecular formula is C14H24N2O2. The van der Waals surface area contributed by atoms with E-state index in [2.05, 4.69) is 19.3 Å². The summed E-state index contributed by atoms with van der Waals surface area (Å²) in [6.45, 7) is 4.20. The number of aryl methyl sites for hydroxylation is 1. The van der Waals surface area contributed by atoms with Crippen LogP contribution in [0.2, 0.25) is 0 Å². The first kappa shape index (κ1) is 15.0. The molecule has 0 fully saturated rings. The molecule has 1 aromatic carbocycles. The van der Waals surface area contributed by atoms with Gasteiger partial charge in [0.25, 0.3) is 0 Å². The molecule has 0 aliphatic carbocycles. The highest BCUT2D eigenvalue weighted by atomic mass is 16.5. The first-order valence-electron chi connectivity index (χ1n) is 6.31. The molecule has 102 valence electrons. The predicted octanol–water partition coefficient (Wildman–Crippen LogP) is 2.32. The predicted molar refractivity (Wildman–Crippen MR) is 73.5 cm³/mol. The minimum absolute atomic E-state index is 0.000793. The van der Waals surface area contributed by atoms with E-state index in [1.54, 1.807) is 14.2 Å².